The van der Waals surface area contributed by atoms with Crippen LogP contribution >= 0.6 is 0 Å². The van der Waals surface area contributed by atoms with Gasteiger partial charge in [0.2, 0.25) is 0 Å². The van der Waals surface area contributed by atoms with Crippen LogP contribution in [0.15, 0.2) is 12.4 Å². The molecule has 1 saturated heterocycles. The first-order chi connectivity index (χ1) is 9.19. The molecule has 1 aromatic heterocycles. The fourth-order valence-corrected chi connectivity index (χ4v) is 1.86. The van der Waals surface area contributed by atoms with E-state index in [9.17, 15) is 4.79 Å². The molecule has 0 unspecified atom stereocenters. The molecule has 104 valence electrons. The molecule has 2 rings (SSSR count). The first-order valence-electron chi connectivity index (χ1n) is 6.49. The minimum Gasteiger partial charge on any atom is -0.369 e. The first-order valence-corrected chi connectivity index (χ1v) is 6.49. The summed E-state index contributed by atoms with van der Waals surface area (Å²) in [5.41, 5.74) is 3.19. The van der Waals surface area contributed by atoms with Crippen molar-refractivity contribution in [2.75, 3.05) is 45.1 Å². The number of hydrogen-bond donors (Lipinski definition) is 2. The van der Waals surface area contributed by atoms with E-state index >= 15 is 0 Å². The summed E-state index contributed by atoms with van der Waals surface area (Å²) in [6.07, 6.45) is 3.09. The third-order valence-electron chi connectivity index (χ3n) is 2.99. The summed E-state index contributed by atoms with van der Waals surface area (Å²) in [6.45, 7) is 6.26. The van der Waals surface area contributed by atoms with Gasteiger partial charge in [-0.15, -0.1) is 0 Å². The zero-order valence-corrected chi connectivity index (χ0v) is 11.4. The summed E-state index contributed by atoms with van der Waals surface area (Å²) in [6, 6.07) is 0. The molecule has 0 aromatic carbocycles. The maximum atomic E-state index is 12.1. The van der Waals surface area contributed by atoms with E-state index in [1.54, 1.807) is 6.20 Å². The summed E-state index contributed by atoms with van der Waals surface area (Å²) in [5.74, 6) is 0.408. The molecule has 0 radical (unpaired) electrons. The standard InChI is InChI=1S/C12H20N6O/c1-3-14-11-9-13-8-10(15-11)12(19)16-18-6-4-17(2)5-7-18/h8-9H,3-7H2,1-2H3,(H,14,15)(H,16,19). The van der Waals surface area contributed by atoms with Crippen LogP contribution in [0.1, 0.15) is 17.4 Å². The van der Waals surface area contributed by atoms with Gasteiger partial charge in [-0.05, 0) is 14.0 Å². The lowest BCUT2D eigenvalue weighted by Gasteiger charge is -2.32. The highest BCUT2D eigenvalue weighted by Crippen LogP contribution is 2.03. The zero-order chi connectivity index (χ0) is 13.7. The van der Waals surface area contributed by atoms with Crippen LogP contribution in [0.4, 0.5) is 5.82 Å². The lowest BCUT2D eigenvalue weighted by molar-refractivity contribution is 0.0657. The van der Waals surface area contributed by atoms with Crippen molar-refractivity contribution in [2.45, 2.75) is 6.92 Å². The maximum Gasteiger partial charge on any atom is 0.285 e. The normalized spacial score (nSPS) is 17.2. The van der Waals surface area contributed by atoms with Crippen LogP contribution in [0, 0.1) is 0 Å². The van der Waals surface area contributed by atoms with Gasteiger partial charge in [-0.2, -0.15) is 0 Å². The summed E-state index contributed by atoms with van der Waals surface area (Å²) in [4.78, 5) is 22.5. The van der Waals surface area contributed by atoms with E-state index in [0.29, 0.717) is 11.5 Å². The van der Waals surface area contributed by atoms with E-state index < -0.39 is 0 Å². The minimum atomic E-state index is -0.211. The molecular weight excluding hydrogens is 244 g/mol. The van der Waals surface area contributed by atoms with Crippen LogP contribution in [-0.2, 0) is 0 Å². The molecular formula is C12H20N6O. The third kappa shape index (κ3) is 3.87. The van der Waals surface area contributed by atoms with Crippen LogP contribution in [0.2, 0.25) is 0 Å². The fourth-order valence-electron chi connectivity index (χ4n) is 1.86. The topological polar surface area (TPSA) is 73.4 Å². The third-order valence-corrected chi connectivity index (χ3v) is 2.99. The largest absolute Gasteiger partial charge is 0.369 e. The predicted molar refractivity (Wildman–Crippen MR) is 72.7 cm³/mol. The summed E-state index contributed by atoms with van der Waals surface area (Å²) < 4.78 is 0. The van der Waals surface area contributed by atoms with E-state index in [4.69, 9.17) is 0 Å². The molecule has 2 N–H and O–H groups in total. The van der Waals surface area contributed by atoms with Gasteiger partial charge in [-0.1, -0.05) is 0 Å². The Morgan fingerprint density at radius 3 is 2.74 bits per heavy atom. The summed E-state index contributed by atoms with van der Waals surface area (Å²) in [5, 5.41) is 4.96. The average molecular weight is 264 g/mol. The average Bonchev–Trinajstić information content (AvgIpc) is 2.42. The van der Waals surface area contributed by atoms with E-state index in [-0.39, 0.29) is 5.91 Å². The summed E-state index contributed by atoms with van der Waals surface area (Å²) >= 11 is 0. The number of amides is 1. The molecule has 1 amide bonds. The number of hydrogen-bond acceptors (Lipinski definition) is 6. The number of aromatic nitrogens is 2. The molecule has 0 saturated carbocycles. The van der Waals surface area contributed by atoms with Gasteiger partial charge >= 0.3 is 0 Å². The van der Waals surface area contributed by atoms with Crippen molar-refractivity contribution in [1.29, 1.82) is 0 Å². The van der Waals surface area contributed by atoms with Crippen LogP contribution in [-0.4, -0.2) is 65.6 Å². The number of carbonyl (C=O) groups excluding carboxylic acids is 1. The second kappa shape index (κ2) is 6.44. The Morgan fingerprint density at radius 1 is 1.32 bits per heavy atom. The number of anilines is 1. The highest BCUT2D eigenvalue weighted by atomic mass is 16.2. The lowest BCUT2D eigenvalue weighted by atomic mass is 10.4. The fraction of sp³-hybridized carbons (Fsp3) is 0.583. The monoisotopic (exact) mass is 264 g/mol. The maximum absolute atomic E-state index is 12.1. The number of carbonyl (C=O) groups is 1. The lowest BCUT2D eigenvalue weighted by Crippen LogP contribution is -2.52. The Labute approximate surface area is 113 Å². The second-order valence-electron chi connectivity index (χ2n) is 4.55. The Morgan fingerprint density at radius 2 is 2.05 bits per heavy atom. The van der Waals surface area contributed by atoms with Gasteiger partial charge in [0.15, 0.2) is 0 Å². The molecule has 19 heavy (non-hydrogen) atoms. The number of rotatable bonds is 4. The minimum absolute atomic E-state index is 0.211. The van der Waals surface area contributed by atoms with Gasteiger partial charge in [-0.25, -0.2) is 9.99 Å². The number of piperazine rings is 1. The van der Waals surface area contributed by atoms with Crippen molar-refractivity contribution in [1.82, 2.24) is 25.3 Å². The Hall–Kier alpha value is -1.73. The highest BCUT2D eigenvalue weighted by molar-refractivity contribution is 5.91. The molecule has 2 heterocycles. The molecule has 1 fully saturated rings. The van der Waals surface area contributed by atoms with E-state index in [0.717, 1.165) is 32.7 Å². The van der Waals surface area contributed by atoms with Gasteiger partial charge in [0.1, 0.15) is 11.5 Å². The summed E-state index contributed by atoms with van der Waals surface area (Å²) in [7, 11) is 2.07. The van der Waals surface area contributed by atoms with Gasteiger partial charge in [0.05, 0.1) is 12.4 Å². The predicted octanol–water partition coefficient (Wildman–Crippen LogP) is -0.199. The van der Waals surface area contributed by atoms with Crippen LogP contribution < -0.4 is 10.7 Å². The smallest absolute Gasteiger partial charge is 0.285 e. The number of nitrogens with zero attached hydrogens (tertiary/aromatic N) is 4. The van der Waals surface area contributed by atoms with Crippen molar-refractivity contribution in [2.24, 2.45) is 0 Å². The molecule has 0 bridgehead atoms. The van der Waals surface area contributed by atoms with Crippen LogP contribution in [0.5, 0.6) is 0 Å². The molecule has 7 heteroatoms. The molecule has 1 aliphatic heterocycles. The first kappa shape index (κ1) is 13.7. The number of nitrogens with one attached hydrogen (secondary N) is 2. The molecule has 7 nitrogen and oxygen atoms in total. The van der Waals surface area contributed by atoms with Crippen molar-refractivity contribution in [3.63, 3.8) is 0 Å². The van der Waals surface area contributed by atoms with E-state index in [1.165, 1.54) is 6.20 Å². The number of likely N-dealkylation sites (N-methyl/N-ethyl adjacent to an activating group) is 1. The second-order valence-corrected chi connectivity index (χ2v) is 4.55. The SMILES string of the molecule is CCNc1cncc(C(=O)NN2CCN(C)CC2)n1. The molecule has 1 aromatic rings. The zero-order valence-electron chi connectivity index (χ0n) is 11.4. The molecule has 1 aliphatic rings. The van der Waals surface area contributed by atoms with Crippen molar-refractivity contribution < 1.29 is 4.79 Å². The van der Waals surface area contributed by atoms with Crippen molar-refractivity contribution >= 4 is 11.7 Å². The van der Waals surface area contributed by atoms with Crippen LogP contribution in [0.3, 0.4) is 0 Å². The van der Waals surface area contributed by atoms with Gasteiger partial charge in [-0.3, -0.25) is 15.2 Å². The highest BCUT2D eigenvalue weighted by Gasteiger charge is 2.17. The molecule has 0 aliphatic carbocycles. The van der Waals surface area contributed by atoms with E-state index in [1.807, 2.05) is 11.9 Å². The van der Waals surface area contributed by atoms with Gasteiger partial charge in [0, 0.05) is 32.7 Å². The molecule has 0 spiro atoms. The van der Waals surface area contributed by atoms with Crippen LogP contribution in [0.25, 0.3) is 0 Å². The van der Waals surface area contributed by atoms with Gasteiger partial charge in [0.25, 0.3) is 5.91 Å². The van der Waals surface area contributed by atoms with E-state index in [2.05, 4.69) is 32.7 Å². The van der Waals surface area contributed by atoms with Crippen molar-refractivity contribution in [3.05, 3.63) is 18.1 Å². The van der Waals surface area contributed by atoms with Gasteiger partial charge < -0.3 is 10.2 Å². The Balaban J connectivity index is 1.94. The Kier molecular flexibility index (Phi) is 4.64. The number of hydrazine groups is 1. The van der Waals surface area contributed by atoms with Crippen molar-refractivity contribution in [3.8, 4) is 0 Å². The quantitative estimate of drug-likeness (QED) is 0.784. The Bertz CT molecular complexity index is 430. The molecule has 0 atom stereocenters.